The first kappa shape index (κ1) is 40.4. The van der Waals surface area contributed by atoms with Gasteiger partial charge >= 0.3 is 0 Å². The lowest BCUT2D eigenvalue weighted by molar-refractivity contribution is 0.405. The number of aryl methyl sites for hydroxylation is 4. The standard InChI is InChI=1S/C21H26Br2O2.C19H22Br2O2/c1-24-20-9-7-16(5-3-11-22)13-18(20)15-19-14-17(6-4-12-23)8-10-21(19)25-2;20-9-1-3-14-5-7-18(22)16(11-14)13-17-12-15(4-2-10-21)6-8-19(17)23/h7-10,13-14H,3-6,11-12,15H2,1-2H3;5-8,11-12,22-23H,1-4,9-10,13H2. The summed E-state index contributed by atoms with van der Waals surface area (Å²) in [5.41, 5.74) is 9.29. The minimum atomic E-state index is 0.290. The molecule has 8 heteroatoms. The van der Waals surface area contributed by atoms with Crippen molar-refractivity contribution in [3.63, 3.8) is 0 Å². The molecule has 0 amide bonds. The molecule has 260 valence electrons. The van der Waals surface area contributed by atoms with Crippen LogP contribution in [0.4, 0.5) is 0 Å². The Labute approximate surface area is 321 Å². The largest absolute Gasteiger partial charge is 0.508 e. The summed E-state index contributed by atoms with van der Waals surface area (Å²) in [5.74, 6) is 2.46. The van der Waals surface area contributed by atoms with E-state index in [9.17, 15) is 10.2 Å². The topological polar surface area (TPSA) is 58.9 Å². The zero-order chi connectivity index (χ0) is 34.7. The second-order valence-electron chi connectivity index (χ2n) is 11.7. The van der Waals surface area contributed by atoms with Crippen molar-refractivity contribution in [1.82, 2.24) is 0 Å². The molecule has 0 saturated heterocycles. The summed E-state index contributed by atoms with van der Waals surface area (Å²) in [6, 6.07) is 24.6. The molecule has 0 bridgehead atoms. The first-order valence-corrected chi connectivity index (χ1v) is 21.0. The van der Waals surface area contributed by atoms with Crippen LogP contribution in [-0.4, -0.2) is 45.8 Å². The molecule has 0 spiro atoms. The van der Waals surface area contributed by atoms with Gasteiger partial charge in [0.05, 0.1) is 14.2 Å². The summed E-state index contributed by atoms with van der Waals surface area (Å²) in [6.45, 7) is 0. The van der Waals surface area contributed by atoms with E-state index in [2.05, 4.69) is 100 Å². The van der Waals surface area contributed by atoms with Crippen LogP contribution in [0.5, 0.6) is 23.0 Å². The van der Waals surface area contributed by atoms with Gasteiger partial charge in [-0.25, -0.2) is 0 Å². The lowest BCUT2D eigenvalue weighted by Gasteiger charge is -2.14. The van der Waals surface area contributed by atoms with Crippen LogP contribution >= 0.6 is 63.7 Å². The second kappa shape index (κ2) is 22.7. The summed E-state index contributed by atoms with van der Waals surface area (Å²) in [5, 5.41) is 24.2. The lowest BCUT2D eigenvalue weighted by atomic mass is 9.97. The fraction of sp³-hybridized carbons (Fsp3) is 0.400. The van der Waals surface area contributed by atoms with E-state index in [1.54, 1.807) is 26.4 Å². The molecule has 4 aromatic rings. The quantitative estimate of drug-likeness (QED) is 0.0977. The van der Waals surface area contributed by atoms with E-state index in [-0.39, 0.29) is 11.5 Å². The number of benzene rings is 4. The molecule has 48 heavy (non-hydrogen) atoms. The smallest absolute Gasteiger partial charge is 0.122 e. The monoisotopic (exact) mass is 908 g/mol. The molecular weight excluding hydrogens is 864 g/mol. The Morgan fingerprint density at radius 2 is 0.729 bits per heavy atom. The van der Waals surface area contributed by atoms with Gasteiger partial charge in [0.2, 0.25) is 0 Å². The zero-order valence-electron chi connectivity index (χ0n) is 28.1. The van der Waals surface area contributed by atoms with Crippen LogP contribution < -0.4 is 9.47 Å². The first-order valence-electron chi connectivity index (χ1n) is 16.5. The Morgan fingerprint density at radius 3 is 1.04 bits per heavy atom. The highest BCUT2D eigenvalue weighted by Crippen LogP contribution is 2.30. The molecule has 2 N–H and O–H groups in total. The minimum Gasteiger partial charge on any atom is -0.508 e. The van der Waals surface area contributed by atoms with Crippen LogP contribution in [0.3, 0.4) is 0 Å². The van der Waals surface area contributed by atoms with Crippen molar-refractivity contribution in [2.45, 2.75) is 64.2 Å². The van der Waals surface area contributed by atoms with Crippen LogP contribution in [0.15, 0.2) is 72.8 Å². The van der Waals surface area contributed by atoms with Crippen molar-refractivity contribution >= 4 is 63.7 Å². The van der Waals surface area contributed by atoms with Gasteiger partial charge in [-0.05, 0) is 120 Å². The highest BCUT2D eigenvalue weighted by Gasteiger charge is 2.12. The van der Waals surface area contributed by atoms with Crippen LogP contribution in [0, 0.1) is 0 Å². The normalized spacial score (nSPS) is 10.8. The molecule has 0 fully saturated rings. The van der Waals surface area contributed by atoms with Crippen LogP contribution in [0.25, 0.3) is 0 Å². The molecule has 0 aliphatic carbocycles. The Morgan fingerprint density at radius 1 is 0.438 bits per heavy atom. The highest BCUT2D eigenvalue weighted by molar-refractivity contribution is 9.09. The number of phenols is 2. The third kappa shape index (κ3) is 13.4. The molecule has 0 aliphatic heterocycles. The van der Waals surface area contributed by atoms with E-state index < -0.39 is 0 Å². The maximum atomic E-state index is 10.1. The Bertz CT molecular complexity index is 1430. The van der Waals surface area contributed by atoms with Gasteiger partial charge in [0, 0.05) is 34.2 Å². The summed E-state index contributed by atoms with van der Waals surface area (Å²) < 4.78 is 11.2. The van der Waals surface area contributed by atoms with E-state index in [1.807, 2.05) is 24.3 Å². The molecule has 0 aliphatic rings. The third-order valence-corrected chi connectivity index (χ3v) is 10.4. The van der Waals surface area contributed by atoms with E-state index in [0.717, 1.165) is 102 Å². The molecule has 4 rings (SSSR count). The van der Waals surface area contributed by atoms with E-state index >= 15 is 0 Å². The van der Waals surface area contributed by atoms with Crippen molar-refractivity contribution in [1.29, 1.82) is 0 Å². The molecule has 4 nitrogen and oxygen atoms in total. The number of hydrogen-bond acceptors (Lipinski definition) is 4. The third-order valence-electron chi connectivity index (χ3n) is 8.14. The Hall–Kier alpha value is -2.00. The molecule has 0 aromatic heterocycles. The first-order chi connectivity index (χ1) is 23.3. The van der Waals surface area contributed by atoms with Gasteiger partial charge in [-0.1, -0.05) is 112 Å². The Balaban J connectivity index is 0.000000261. The predicted molar refractivity (Wildman–Crippen MR) is 216 cm³/mol. The van der Waals surface area contributed by atoms with Crippen molar-refractivity contribution in [3.05, 3.63) is 117 Å². The lowest BCUT2D eigenvalue weighted by Crippen LogP contribution is -2.00. The number of halogens is 4. The maximum absolute atomic E-state index is 10.1. The minimum absolute atomic E-state index is 0.290. The summed E-state index contributed by atoms with van der Waals surface area (Å²) in [4.78, 5) is 0. The van der Waals surface area contributed by atoms with Gasteiger partial charge in [-0.3, -0.25) is 0 Å². The molecule has 0 heterocycles. The number of alkyl halides is 4. The summed E-state index contributed by atoms with van der Waals surface area (Å²) in [6.07, 6.45) is 9.88. The van der Waals surface area contributed by atoms with Crippen LogP contribution in [0.1, 0.15) is 70.2 Å². The number of methoxy groups -OCH3 is 2. The van der Waals surface area contributed by atoms with E-state index in [1.165, 1.54) is 33.4 Å². The fourth-order valence-corrected chi connectivity index (χ4v) is 6.74. The fourth-order valence-electron chi connectivity index (χ4n) is 5.62. The van der Waals surface area contributed by atoms with Crippen LogP contribution in [-0.2, 0) is 38.5 Å². The van der Waals surface area contributed by atoms with Gasteiger partial charge in [0.1, 0.15) is 23.0 Å². The van der Waals surface area contributed by atoms with E-state index in [4.69, 9.17) is 9.47 Å². The molecule has 0 saturated carbocycles. The van der Waals surface area contributed by atoms with Crippen molar-refractivity contribution in [2.24, 2.45) is 0 Å². The number of ether oxygens (including phenoxy) is 2. The average Bonchev–Trinajstić information content (AvgIpc) is 3.10. The predicted octanol–water partition coefficient (Wildman–Crippen LogP) is 11.3. The molecule has 0 radical (unpaired) electrons. The highest BCUT2D eigenvalue weighted by atomic mass is 79.9. The molecule has 0 unspecified atom stereocenters. The molecule has 4 aromatic carbocycles. The van der Waals surface area contributed by atoms with Gasteiger partial charge in [-0.15, -0.1) is 0 Å². The SMILES string of the molecule is COc1ccc(CCCBr)cc1Cc1cc(CCCBr)ccc1OC.Oc1ccc(CCCBr)cc1Cc1cc(CCCBr)ccc1O. The molecular formula is C40H48Br4O4. The van der Waals surface area contributed by atoms with Crippen molar-refractivity contribution in [2.75, 3.05) is 35.5 Å². The summed E-state index contributed by atoms with van der Waals surface area (Å²) >= 11 is 13.9. The van der Waals surface area contributed by atoms with Crippen molar-refractivity contribution < 1.29 is 19.7 Å². The second-order valence-corrected chi connectivity index (χ2v) is 14.9. The van der Waals surface area contributed by atoms with Gasteiger partial charge in [0.25, 0.3) is 0 Å². The van der Waals surface area contributed by atoms with Gasteiger partial charge in [0.15, 0.2) is 0 Å². The van der Waals surface area contributed by atoms with Gasteiger partial charge in [-0.2, -0.15) is 0 Å². The summed E-state index contributed by atoms with van der Waals surface area (Å²) in [7, 11) is 3.47. The maximum Gasteiger partial charge on any atom is 0.122 e. The van der Waals surface area contributed by atoms with E-state index in [0.29, 0.717) is 6.42 Å². The molecule has 0 atom stereocenters. The zero-order valence-corrected chi connectivity index (χ0v) is 34.4. The number of aromatic hydroxyl groups is 2. The van der Waals surface area contributed by atoms with Crippen LogP contribution in [0.2, 0.25) is 0 Å². The Kier molecular flexibility index (Phi) is 19.1. The average molecular weight is 912 g/mol. The van der Waals surface area contributed by atoms with Gasteiger partial charge < -0.3 is 19.7 Å². The number of hydrogen-bond donors (Lipinski definition) is 2. The number of phenolic OH excluding ortho intramolecular Hbond substituents is 2. The van der Waals surface area contributed by atoms with Crippen molar-refractivity contribution in [3.8, 4) is 23.0 Å². The number of rotatable bonds is 18.